The molecule has 0 aliphatic carbocycles. The number of nitrogens with two attached hydrogens (primary N) is 1. The predicted octanol–water partition coefficient (Wildman–Crippen LogP) is 0.680. The van der Waals surface area contributed by atoms with Gasteiger partial charge >= 0.3 is 0 Å². The molecule has 472 valence electrons. The number of hydrogen-bond donors (Lipinski definition) is 11. The Kier molecular flexibility index (Phi) is 28.1. The summed E-state index contributed by atoms with van der Waals surface area (Å²) < 4.78 is 0. The van der Waals surface area contributed by atoms with E-state index in [4.69, 9.17) is 5.73 Å². The summed E-state index contributed by atoms with van der Waals surface area (Å²) in [6.45, 7) is 28.6. The monoisotopic (exact) mass is 1170 g/mol. The minimum absolute atomic E-state index is 0.0531. The minimum atomic E-state index is -1.65. The molecule has 8 unspecified atom stereocenters. The van der Waals surface area contributed by atoms with Gasteiger partial charge in [-0.25, -0.2) is 0 Å². The van der Waals surface area contributed by atoms with E-state index >= 15 is 0 Å². The molecule has 0 aromatic rings. The molecule has 0 aromatic heterocycles. The van der Waals surface area contributed by atoms with Gasteiger partial charge in [0.05, 0.1) is 12.6 Å². The molecule has 12 amide bonds. The number of carbonyl (C=O) groups is 12. The molecule has 2 aliphatic heterocycles. The lowest BCUT2D eigenvalue weighted by molar-refractivity contribution is -0.146. The van der Waals surface area contributed by atoms with Gasteiger partial charge in [-0.15, -0.1) is 0 Å². The Morgan fingerprint density at radius 1 is 0.482 bits per heavy atom. The molecule has 25 nitrogen and oxygen atoms in total. The van der Waals surface area contributed by atoms with Crippen molar-refractivity contribution in [1.29, 1.82) is 0 Å². The normalized spacial score (nSPS) is 17.9. The van der Waals surface area contributed by atoms with E-state index in [0.717, 1.165) is 0 Å². The van der Waals surface area contributed by atoms with Crippen molar-refractivity contribution >= 4 is 70.9 Å². The van der Waals surface area contributed by atoms with Gasteiger partial charge in [-0.1, -0.05) is 69.2 Å². The first-order chi connectivity index (χ1) is 38.2. The summed E-state index contributed by atoms with van der Waals surface area (Å²) >= 11 is 0. The van der Waals surface area contributed by atoms with Crippen LogP contribution in [0, 0.1) is 29.6 Å². The molecule has 2 saturated heterocycles. The van der Waals surface area contributed by atoms with Crippen molar-refractivity contribution in [3.63, 3.8) is 0 Å². The second-order valence-corrected chi connectivity index (χ2v) is 26.2. The van der Waals surface area contributed by atoms with E-state index in [2.05, 4.69) is 47.9 Å². The summed E-state index contributed by atoms with van der Waals surface area (Å²) in [6, 6.07) is -8.48. The molecule has 12 N–H and O–H groups in total. The number of nitrogens with zero attached hydrogens (tertiary/aromatic N) is 2. The fraction of sp³-hybridized carbons (Fsp3) is 0.793. The molecule has 0 saturated carbocycles. The van der Waals surface area contributed by atoms with Crippen LogP contribution in [-0.4, -0.2) is 170 Å². The van der Waals surface area contributed by atoms with Crippen LogP contribution in [0.2, 0.25) is 0 Å². The lowest BCUT2D eigenvalue weighted by atomic mass is 9.97. The van der Waals surface area contributed by atoms with Crippen LogP contribution in [-0.2, 0) is 57.5 Å². The van der Waals surface area contributed by atoms with Crippen LogP contribution in [0.3, 0.4) is 0 Å². The van der Waals surface area contributed by atoms with Gasteiger partial charge in [0.2, 0.25) is 70.9 Å². The Hall–Kier alpha value is -6.40. The first-order valence-corrected chi connectivity index (χ1v) is 29.5. The van der Waals surface area contributed by atoms with Gasteiger partial charge < -0.3 is 68.5 Å². The van der Waals surface area contributed by atoms with E-state index in [1.165, 1.54) is 58.3 Å². The molecular formula is C58H102N12O13. The van der Waals surface area contributed by atoms with E-state index in [9.17, 15) is 62.6 Å². The van der Waals surface area contributed by atoms with Gasteiger partial charge in [0.1, 0.15) is 58.9 Å². The maximum atomic E-state index is 14.5. The zero-order chi connectivity index (χ0) is 63.6. The molecule has 2 aliphatic rings. The number of aliphatic hydroxyl groups is 1. The number of amides is 12. The molecule has 0 radical (unpaired) electrons. The van der Waals surface area contributed by atoms with Gasteiger partial charge in [0.25, 0.3) is 0 Å². The highest BCUT2D eigenvalue weighted by Crippen LogP contribution is 2.25. The largest absolute Gasteiger partial charge is 0.394 e. The molecule has 0 aromatic carbocycles. The van der Waals surface area contributed by atoms with Gasteiger partial charge in [-0.3, -0.25) is 57.5 Å². The van der Waals surface area contributed by atoms with E-state index in [0.29, 0.717) is 19.3 Å². The lowest BCUT2D eigenvalue weighted by Crippen LogP contribution is -2.64. The average Bonchev–Trinajstić information content (AvgIpc) is 4.05. The SMILES string of the molecule is CC(=O)NC(C)(C)C(=O)NC(CCC(N)=O)C(=O)NC(CC(C)C)C(=O)NC(CC(C)C)C(=O)NC(C)(C)C(=O)N1CCCC1C(=O)NC(CC(C)C)C(=O)NC(CC(C)C)C(=O)NC(C)(C)C(=O)N1CCCC1C(=O)NC(CO)C(C)C. The van der Waals surface area contributed by atoms with Crippen LogP contribution >= 0.6 is 0 Å². The van der Waals surface area contributed by atoms with Crippen molar-refractivity contribution < 1.29 is 62.6 Å². The maximum absolute atomic E-state index is 14.5. The molecule has 25 heteroatoms. The van der Waals surface area contributed by atoms with E-state index < -0.39 is 136 Å². The van der Waals surface area contributed by atoms with Crippen LogP contribution in [0.1, 0.15) is 182 Å². The average molecular weight is 1180 g/mol. The van der Waals surface area contributed by atoms with Crippen LogP contribution in [0.5, 0.6) is 0 Å². The van der Waals surface area contributed by atoms with Crippen molar-refractivity contribution in [2.75, 3.05) is 19.7 Å². The predicted molar refractivity (Wildman–Crippen MR) is 312 cm³/mol. The van der Waals surface area contributed by atoms with Crippen molar-refractivity contribution in [2.45, 2.75) is 247 Å². The Morgan fingerprint density at radius 3 is 1.17 bits per heavy atom. The van der Waals surface area contributed by atoms with Crippen molar-refractivity contribution in [3.8, 4) is 0 Å². The number of likely N-dealkylation sites (tertiary alicyclic amines) is 2. The van der Waals surface area contributed by atoms with Gasteiger partial charge in [-0.2, -0.15) is 0 Å². The van der Waals surface area contributed by atoms with Crippen molar-refractivity contribution in [1.82, 2.24) is 57.7 Å². The van der Waals surface area contributed by atoms with E-state index in [-0.39, 0.29) is 94.2 Å². The summed E-state index contributed by atoms with van der Waals surface area (Å²) in [6.07, 6.45) is 1.60. The lowest BCUT2D eigenvalue weighted by Gasteiger charge is -2.35. The number of nitrogens with one attached hydrogen (secondary N) is 9. The minimum Gasteiger partial charge on any atom is -0.394 e. The Bertz CT molecular complexity index is 2320. The number of rotatable bonds is 32. The van der Waals surface area contributed by atoms with Gasteiger partial charge in [-0.05, 0) is 129 Å². The number of primary amides is 1. The topological polar surface area (TPSA) is 366 Å². The fourth-order valence-corrected chi connectivity index (χ4v) is 10.2. The Labute approximate surface area is 491 Å². The summed E-state index contributed by atoms with van der Waals surface area (Å²) in [5.74, 6) is -8.35. The van der Waals surface area contributed by atoms with Crippen LogP contribution < -0.4 is 53.6 Å². The Morgan fingerprint density at radius 2 is 0.831 bits per heavy atom. The molecule has 8 atom stereocenters. The smallest absolute Gasteiger partial charge is 0.248 e. The van der Waals surface area contributed by atoms with Crippen molar-refractivity contribution in [2.24, 2.45) is 35.3 Å². The summed E-state index contributed by atoms with van der Waals surface area (Å²) in [4.78, 5) is 167. The molecule has 0 spiro atoms. The third kappa shape index (κ3) is 22.9. The summed E-state index contributed by atoms with van der Waals surface area (Å²) in [5, 5.41) is 34.3. The fourth-order valence-electron chi connectivity index (χ4n) is 10.2. The second-order valence-electron chi connectivity index (χ2n) is 26.2. The summed E-state index contributed by atoms with van der Waals surface area (Å²) in [7, 11) is 0. The number of aliphatic hydroxyl groups excluding tert-OH is 1. The number of carbonyl (C=O) groups excluding carboxylic acids is 12. The highest BCUT2D eigenvalue weighted by atomic mass is 16.3. The molecule has 2 rings (SSSR count). The quantitative estimate of drug-likeness (QED) is 0.0442. The zero-order valence-corrected chi connectivity index (χ0v) is 52.5. The third-order valence-corrected chi connectivity index (χ3v) is 14.6. The summed E-state index contributed by atoms with van der Waals surface area (Å²) in [5.41, 5.74) is 0.763. The maximum Gasteiger partial charge on any atom is 0.248 e. The molecule has 2 fully saturated rings. The first kappa shape index (κ1) is 72.7. The molecule has 2 heterocycles. The first-order valence-electron chi connectivity index (χ1n) is 29.5. The van der Waals surface area contributed by atoms with Crippen LogP contribution in [0.4, 0.5) is 0 Å². The second kappa shape index (κ2) is 32.0. The number of hydrogen-bond acceptors (Lipinski definition) is 13. The highest BCUT2D eigenvalue weighted by Gasteiger charge is 2.46. The third-order valence-electron chi connectivity index (χ3n) is 14.6. The standard InChI is InChI=1S/C58H102N12O13/c1-31(2)26-38(60-46(74)37(22-23-45(59)73)65-53(81)56(12,13)66-36(11)72)47(75)61-40(28-33(5)6)49(77)67-57(14,15)54(82)69-24-18-20-43(69)51(79)63-39(27-32(3)4)48(76)62-41(29-34(7)8)50(78)68-58(16,17)55(83)70-25-19-21-44(70)52(80)64-42(30-71)35(9)10/h31-35,37-44,71H,18-30H2,1-17H3,(H2,59,73)(H,60,74)(H,61,75)(H,62,76)(H,63,79)(H,64,80)(H,65,81)(H,66,72)(H,67,77)(H,68,78). The highest BCUT2D eigenvalue weighted by molar-refractivity contribution is 6.00. The molecule has 83 heavy (non-hydrogen) atoms. The van der Waals surface area contributed by atoms with Crippen LogP contribution in [0.15, 0.2) is 0 Å². The molecule has 0 bridgehead atoms. The van der Waals surface area contributed by atoms with Crippen LogP contribution in [0.25, 0.3) is 0 Å². The Balaban J connectivity index is 2.32. The van der Waals surface area contributed by atoms with Gasteiger partial charge in [0.15, 0.2) is 0 Å². The van der Waals surface area contributed by atoms with Gasteiger partial charge in [0, 0.05) is 26.4 Å². The zero-order valence-electron chi connectivity index (χ0n) is 52.5. The van der Waals surface area contributed by atoms with Crippen molar-refractivity contribution in [3.05, 3.63) is 0 Å². The molecular weight excluding hydrogens is 1070 g/mol. The van der Waals surface area contributed by atoms with E-state index in [1.54, 1.807) is 0 Å². The van der Waals surface area contributed by atoms with E-state index in [1.807, 2.05) is 69.2 Å².